The van der Waals surface area contributed by atoms with Crippen molar-refractivity contribution in [1.82, 2.24) is 0 Å². The van der Waals surface area contributed by atoms with Crippen LogP contribution < -0.4 is 0 Å². The molecule has 0 rings (SSSR count). The summed E-state index contributed by atoms with van der Waals surface area (Å²) < 4.78 is 0. The number of hydrogen-bond acceptors (Lipinski definition) is 1. The Bertz CT molecular complexity index is 281. The van der Waals surface area contributed by atoms with Gasteiger partial charge in [0, 0.05) is 0 Å². The molecule has 0 aliphatic rings. The van der Waals surface area contributed by atoms with E-state index in [2.05, 4.69) is 12.6 Å². The van der Waals surface area contributed by atoms with Crippen LogP contribution in [0.3, 0.4) is 0 Å². The molecule has 0 aliphatic carbocycles. The molecule has 0 heterocycles. The first-order valence-electron chi connectivity index (χ1n) is 9.47. The van der Waals surface area contributed by atoms with Crippen molar-refractivity contribution in [3.8, 4) is 5.63 Å². The summed E-state index contributed by atoms with van der Waals surface area (Å²) in [5.74, 6) is 0. The van der Waals surface area contributed by atoms with Crippen molar-refractivity contribution in [2.24, 2.45) is 0 Å². The van der Waals surface area contributed by atoms with Crippen LogP contribution in [0.2, 0.25) is 0 Å². The van der Waals surface area contributed by atoms with E-state index in [0.717, 1.165) is 13.2 Å². The molecule has 0 saturated heterocycles. The zero-order valence-corrected chi connectivity index (χ0v) is 16.1. The minimum absolute atomic E-state index is 0.912. The first-order valence-corrected chi connectivity index (χ1v) is 11.4. The molecule has 21 heavy (non-hydrogen) atoms. The second-order valence-electron chi connectivity index (χ2n) is 6.30. The molecule has 0 N–H and O–H groups in total. The quantitative estimate of drug-likeness (QED) is 0.204. The molecule has 0 aromatic rings. The fourth-order valence-electron chi connectivity index (χ4n) is 2.80. The summed E-state index contributed by atoms with van der Waals surface area (Å²) in [6.45, 7) is 3.20. The fraction of sp³-hybridized carbons (Fsp3) is 0.947. The SMILES string of the molecule is CCCCCCCCCCCCCCCCCCC#P=S. The molecule has 0 unspecified atom stereocenters. The molecular weight excluding hydrogens is 291 g/mol. The van der Waals surface area contributed by atoms with Gasteiger partial charge in [0.25, 0.3) is 0 Å². The van der Waals surface area contributed by atoms with Crippen molar-refractivity contribution in [3.05, 3.63) is 0 Å². The third-order valence-electron chi connectivity index (χ3n) is 4.21. The predicted octanol–water partition coefficient (Wildman–Crippen LogP) is 8.01. The van der Waals surface area contributed by atoms with Gasteiger partial charge in [-0.25, -0.2) is 0 Å². The van der Waals surface area contributed by atoms with Gasteiger partial charge in [-0.15, -0.1) is 0 Å². The topological polar surface area (TPSA) is 0 Å². The van der Waals surface area contributed by atoms with E-state index >= 15 is 0 Å². The Labute approximate surface area is 140 Å². The summed E-state index contributed by atoms with van der Waals surface area (Å²) in [5.41, 5.74) is 3.18. The van der Waals surface area contributed by atoms with E-state index < -0.39 is 0 Å². The average molecular weight is 329 g/mol. The van der Waals surface area contributed by atoms with E-state index in [9.17, 15) is 0 Å². The summed E-state index contributed by atoms with van der Waals surface area (Å²) in [6.07, 6.45) is 24.1. The third-order valence-corrected chi connectivity index (χ3v) is 4.95. The van der Waals surface area contributed by atoms with Crippen molar-refractivity contribution in [1.29, 1.82) is 0 Å². The van der Waals surface area contributed by atoms with Crippen LogP contribution in [0.5, 0.6) is 0 Å². The Balaban J connectivity index is 2.95. The summed E-state index contributed by atoms with van der Waals surface area (Å²) in [4.78, 5) is 0. The van der Waals surface area contributed by atoms with Crippen LogP contribution in [-0.4, -0.2) is 0 Å². The van der Waals surface area contributed by atoms with E-state index in [1.165, 1.54) is 103 Å². The van der Waals surface area contributed by atoms with Crippen LogP contribution in [0.1, 0.15) is 116 Å². The summed E-state index contributed by atoms with van der Waals surface area (Å²) >= 11 is 4.82. The molecule has 2 heteroatoms. The van der Waals surface area contributed by atoms with Gasteiger partial charge in [-0.2, -0.15) is 0 Å². The van der Waals surface area contributed by atoms with E-state index in [1.807, 2.05) is 0 Å². The third kappa shape index (κ3) is 20.4. The van der Waals surface area contributed by atoms with Gasteiger partial charge in [0.05, 0.1) is 0 Å². The molecule has 0 aromatic heterocycles. The van der Waals surface area contributed by atoms with Crippen molar-refractivity contribution < 1.29 is 0 Å². The Morgan fingerprint density at radius 3 is 1.24 bits per heavy atom. The predicted molar refractivity (Wildman–Crippen MR) is 102 cm³/mol. The van der Waals surface area contributed by atoms with Crippen molar-refractivity contribution in [2.75, 3.05) is 0 Å². The number of hydrogen-bond donors (Lipinski definition) is 0. The Kier molecular flexibility index (Phi) is 20.8. The minimum atomic E-state index is 0.912. The van der Waals surface area contributed by atoms with Gasteiger partial charge in [-0.3, -0.25) is 0 Å². The van der Waals surface area contributed by atoms with Gasteiger partial charge in [0.2, 0.25) is 0 Å². The van der Waals surface area contributed by atoms with Gasteiger partial charge in [0.15, 0.2) is 0 Å². The second-order valence-corrected chi connectivity index (χ2v) is 7.35. The van der Waals surface area contributed by atoms with Crippen LogP contribution in [-0.2, 0) is 11.8 Å². The van der Waals surface area contributed by atoms with Crippen molar-refractivity contribution >= 4 is 18.6 Å². The van der Waals surface area contributed by atoms with Gasteiger partial charge in [-0.05, 0) is 0 Å². The monoisotopic (exact) mass is 328 g/mol. The van der Waals surface area contributed by atoms with E-state index in [4.69, 9.17) is 11.8 Å². The Morgan fingerprint density at radius 1 is 0.571 bits per heavy atom. The molecule has 0 fully saturated rings. The molecule has 0 atom stereocenters. The van der Waals surface area contributed by atoms with E-state index in [1.54, 1.807) is 0 Å². The summed E-state index contributed by atoms with van der Waals surface area (Å²) in [5, 5.41) is 0. The summed E-state index contributed by atoms with van der Waals surface area (Å²) in [6, 6.07) is 0. The zero-order chi connectivity index (χ0) is 15.4. The van der Waals surface area contributed by atoms with Crippen LogP contribution in [0.15, 0.2) is 0 Å². The molecular formula is C19H37PS. The van der Waals surface area contributed by atoms with Crippen LogP contribution in [0.4, 0.5) is 0 Å². The van der Waals surface area contributed by atoms with Gasteiger partial charge in [0.1, 0.15) is 0 Å². The molecule has 0 aromatic carbocycles. The molecule has 124 valence electrons. The first kappa shape index (κ1) is 21.4. The van der Waals surface area contributed by atoms with Crippen LogP contribution in [0, 0.1) is 5.63 Å². The van der Waals surface area contributed by atoms with Crippen LogP contribution in [0.25, 0.3) is 0 Å². The maximum atomic E-state index is 4.82. The fourth-order valence-corrected chi connectivity index (χ4v) is 3.32. The van der Waals surface area contributed by atoms with Gasteiger partial charge in [-0.1, -0.05) is 45.4 Å². The zero-order valence-electron chi connectivity index (χ0n) is 14.4. The molecule has 0 spiro atoms. The normalized spacial score (nSPS) is 10.5. The first-order chi connectivity index (χ1) is 10.4. The van der Waals surface area contributed by atoms with Crippen molar-refractivity contribution in [3.63, 3.8) is 0 Å². The Morgan fingerprint density at radius 2 is 0.905 bits per heavy atom. The summed E-state index contributed by atoms with van der Waals surface area (Å²) in [7, 11) is 0. The molecule has 0 aliphatic heterocycles. The van der Waals surface area contributed by atoms with Crippen molar-refractivity contribution in [2.45, 2.75) is 116 Å². The maximum absolute atomic E-state index is 4.82. The second kappa shape index (κ2) is 20.4. The molecule has 0 nitrogen and oxygen atoms in total. The average Bonchev–Trinajstić information content (AvgIpc) is 2.50. The van der Waals surface area contributed by atoms with Gasteiger partial charge < -0.3 is 0 Å². The van der Waals surface area contributed by atoms with E-state index in [-0.39, 0.29) is 0 Å². The molecule has 0 bridgehead atoms. The molecule has 0 radical (unpaired) electrons. The number of unbranched alkanes of at least 4 members (excludes halogenated alkanes) is 16. The van der Waals surface area contributed by atoms with Crippen LogP contribution >= 0.6 is 6.81 Å². The van der Waals surface area contributed by atoms with Gasteiger partial charge >= 0.3 is 94.9 Å². The number of rotatable bonds is 16. The standard InChI is InChI=1S/C19H37PS/c1-2-3-4-5-6-7-8-9-10-11-12-13-14-15-16-17-18-19-20-21/h2-18H2,1H3. The molecule has 0 amide bonds. The van der Waals surface area contributed by atoms with E-state index in [0.29, 0.717) is 0 Å². The Hall–Kier alpha value is 0.430. The molecule has 0 saturated carbocycles.